The topological polar surface area (TPSA) is 199 Å². The lowest BCUT2D eigenvalue weighted by atomic mass is 9.97. The molecule has 0 spiro atoms. The van der Waals surface area contributed by atoms with E-state index in [0.717, 1.165) is 0 Å². The molecule has 0 aliphatic carbocycles. The van der Waals surface area contributed by atoms with E-state index in [4.69, 9.17) is 29.7 Å². The quantitative estimate of drug-likeness (QED) is 0.172. The Morgan fingerprint density at radius 2 is 1.29 bits per heavy atom. The van der Waals surface area contributed by atoms with E-state index < -0.39 is 74.6 Å². The number of aliphatic hydroxyl groups excluding tert-OH is 7. The third-order valence-electron chi connectivity index (χ3n) is 4.08. The smallest absolute Gasteiger partial charge is 0.187 e. The van der Waals surface area contributed by atoms with Crippen molar-refractivity contribution in [2.45, 2.75) is 61.4 Å². The molecule has 0 aromatic rings. The Bertz CT molecular complexity index is 394. The summed E-state index contributed by atoms with van der Waals surface area (Å²) in [5.41, 5.74) is 0. The largest absolute Gasteiger partial charge is 0.394 e. The standard InChI is InChI=1S/C12H22O12/c13-1-3-5(15)7(17)8(18)12(22-3)23-9-6(16)4(2-14)21-11(19)10(9)24-20/h3-20H,1-2H2/t3-,4-,5-,6-,7+,8-,9+,10-,11-,12+/m1/s1. The van der Waals surface area contributed by atoms with Crippen LogP contribution >= 0.6 is 0 Å². The van der Waals surface area contributed by atoms with Gasteiger partial charge in [0, 0.05) is 0 Å². The van der Waals surface area contributed by atoms with Gasteiger partial charge in [0.05, 0.1) is 13.2 Å². The Morgan fingerprint density at radius 3 is 1.83 bits per heavy atom. The van der Waals surface area contributed by atoms with Crippen molar-refractivity contribution in [3.8, 4) is 0 Å². The minimum atomic E-state index is -1.77. The summed E-state index contributed by atoms with van der Waals surface area (Å²) in [6.07, 6.45) is -15.8. The third-order valence-corrected chi connectivity index (χ3v) is 4.08. The zero-order valence-corrected chi connectivity index (χ0v) is 12.4. The normalized spacial score (nSPS) is 50.0. The SMILES string of the molecule is OC[C@H]1O[C@@H](O[C@H]2[C@H](O)[C@@H](CO)O[C@@H](O)[C@@H]2OO)[C@H](O)[C@@H](O)[C@@H]1O. The van der Waals surface area contributed by atoms with Gasteiger partial charge < -0.3 is 50.0 Å². The van der Waals surface area contributed by atoms with Gasteiger partial charge >= 0.3 is 0 Å². The van der Waals surface area contributed by atoms with Crippen LogP contribution in [-0.2, 0) is 19.1 Å². The van der Waals surface area contributed by atoms with E-state index in [1.807, 2.05) is 0 Å². The molecule has 0 aromatic heterocycles. The fourth-order valence-electron chi connectivity index (χ4n) is 2.66. The average Bonchev–Trinajstić information content (AvgIpc) is 2.58. The van der Waals surface area contributed by atoms with Crippen LogP contribution in [0.5, 0.6) is 0 Å². The van der Waals surface area contributed by atoms with Gasteiger partial charge in [-0.1, -0.05) is 0 Å². The zero-order valence-electron chi connectivity index (χ0n) is 12.4. The van der Waals surface area contributed by atoms with Crippen LogP contribution in [0.25, 0.3) is 0 Å². The summed E-state index contributed by atoms with van der Waals surface area (Å²) < 4.78 is 15.2. The second kappa shape index (κ2) is 8.27. The van der Waals surface area contributed by atoms with Gasteiger partial charge in [-0.25, -0.2) is 4.89 Å². The van der Waals surface area contributed by atoms with Crippen LogP contribution in [0.3, 0.4) is 0 Å². The highest BCUT2D eigenvalue weighted by atomic mass is 17.1. The van der Waals surface area contributed by atoms with Crippen LogP contribution in [0.4, 0.5) is 0 Å². The highest BCUT2D eigenvalue weighted by Crippen LogP contribution is 2.29. The van der Waals surface area contributed by atoms with Crippen LogP contribution in [0.15, 0.2) is 0 Å². The molecule has 12 nitrogen and oxygen atoms in total. The second-order valence-electron chi connectivity index (χ2n) is 5.61. The Labute approximate surface area is 135 Å². The molecule has 8 N–H and O–H groups in total. The molecule has 2 fully saturated rings. The molecule has 12 heteroatoms. The second-order valence-corrected chi connectivity index (χ2v) is 5.61. The predicted molar refractivity (Wildman–Crippen MR) is 70.1 cm³/mol. The summed E-state index contributed by atoms with van der Waals surface area (Å²) >= 11 is 0. The third kappa shape index (κ3) is 3.70. The Balaban J connectivity index is 2.16. The molecule has 2 aliphatic heterocycles. The number of aliphatic hydroxyl groups is 7. The molecular formula is C12H22O12. The van der Waals surface area contributed by atoms with Crippen LogP contribution in [0.2, 0.25) is 0 Å². The van der Waals surface area contributed by atoms with Crippen molar-refractivity contribution in [2.75, 3.05) is 13.2 Å². The predicted octanol–water partition coefficient (Wildman–Crippen LogP) is -4.90. The molecule has 2 heterocycles. The van der Waals surface area contributed by atoms with Crippen molar-refractivity contribution < 1.29 is 60.1 Å². The van der Waals surface area contributed by atoms with Gasteiger partial charge in [0.1, 0.15) is 42.7 Å². The minimum absolute atomic E-state index is 0.690. The van der Waals surface area contributed by atoms with Crippen LogP contribution in [-0.4, -0.2) is 116 Å². The molecule has 0 saturated carbocycles. The fourth-order valence-corrected chi connectivity index (χ4v) is 2.66. The van der Waals surface area contributed by atoms with Gasteiger partial charge in [-0.15, -0.1) is 0 Å². The van der Waals surface area contributed by atoms with Crippen molar-refractivity contribution >= 4 is 0 Å². The molecule has 10 atom stereocenters. The molecule has 0 unspecified atom stereocenters. The summed E-state index contributed by atoms with van der Waals surface area (Å²) in [7, 11) is 0. The molecule has 2 rings (SSSR count). The molecule has 0 aromatic carbocycles. The molecule has 0 radical (unpaired) electrons. The summed E-state index contributed by atoms with van der Waals surface area (Å²) in [6.45, 7) is -1.38. The van der Waals surface area contributed by atoms with E-state index in [2.05, 4.69) is 4.89 Å². The average molecular weight is 358 g/mol. The first kappa shape index (κ1) is 19.8. The van der Waals surface area contributed by atoms with Crippen molar-refractivity contribution in [3.05, 3.63) is 0 Å². The van der Waals surface area contributed by atoms with Crippen LogP contribution in [0, 0.1) is 0 Å². The molecule has 0 bridgehead atoms. The number of rotatable bonds is 5. The molecular weight excluding hydrogens is 336 g/mol. The first-order chi connectivity index (χ1) is 11.3. The lowest BCUT2D eigenvalue weighted by Gasteiger charge is -2.45. The summed E-state index contributed by atoms with van der Waals surface area (Å²) in [4.78, 5) is 4.02. The van der Waals surface area contributed by atoms with Gasteiger partial charge in [0.15, 0.2) is 18.7 Å². The highest BCUT2D eigenvalue weighted by Gasteiger charge is 2.51. The Hall–Kier alpha value is -0.480. The van der Waals surface area contributed by atoms with Gasteiger partial charge in [0.25, 0.3) is 0 Å². The lowest BCUT2D eigenvalue weighted by molar-refractivity contribution is -0.406. The van der Waals surface area contributed by atoms with Crippen molar-refractivity contribution in [1.82, 2.24) is 0 Å². The van der Waals surface area contributed by atoms with E-state index >= 15 is 0 Å². The molecule has 24 heavy (non-hydrogen) atoms. The van der Waals surface area contributed by atoms with Crippen molar-refractivity contribution in [2.24, 2.45) is 0 Å². The van der Waals surface area contributed by atoms with Crippen molar-refractivity contribution in [3.63, 3.8) is 0 Å². The fraction of sp³-hybridized carbons (Fsp3) is 1.00. The zero-order chi connectivity index (χ0) is 18.0. The summed E-state index contributed by atoms with van der Waals surface area (Å²) in [5.74, 6) is 0. The summed E-state index contributed by atoms with van der Waals surface area (Å²) in [6, 6.07) is 0. The van der Waals surface area contributed by atoms with Crippen LogP contribution < -0.4 is 0 Å². The highest BCUT2D eigenvalue weighted by molar-refractivity contribution is 4.94. The minimum Gasteiger partial charge on any atom is -0.394 e. The number of ether oxygens (including phenoxy) is 3. The Kier molecular flexibility index (Phi) is 6.83. The first-order valence-electron chi connectivity index (χ1n) is 7.24. The molecule has 2 saturated heterocycles. The van der Waals surface area contributed by atoms with Gasteiger partial charge in [-0.3, -0.25) is 5.26 Å². The number of hydrogen-bond acceptors (Lipinski definition) is 12. The monoisotopic (exact) mass is 358 g/mol. The summed E-state index contributed by atoms with van der Waals surface area (Å²) in [5, 5.41) is 76.2. The van der Waals surface area contributed by atoms with Crippen LogP contribution in [0.1, 0.15) is 0 Å². The van der Waals surface area contributed by atoms with E-state index in [1.54, 1.807) is 0 Å². The van der Waals surface area contributed by atoms with Crippen molar-refractivity contribution in [1.29, 1.82) is 0 Å². The van der Waals surface area contributed by atoms with Gasteiger partial charge in [-0.05, 0) is 0 Å². The molecule has 2 aliphatic rings. The maximum atomic E-state index is 10.1. The van der Waals surface area contributed by atoms with E-state index in [1.165, 1.54) is 0 Å². The Morgan fingerprint density at radius 1 is 0.708 bits per heavy atom. The maximum Gasteiger partial charge on any atom is 0.187 e. The van der Waals surface area contributed by atoms with E-state index in [9.17, 15) is 25.5 Å². The molecule has 0 amide bonds. The van der Waals surface area contributed by atoms with E-state index in [0.29, 0.717) is 0 Å². The maximum absolute atomic E-state index is 10.1. The lowest BCUT2D eigenvalue weighted by Crippen LogP contribution is -2.64. The first-order valence-corrected chi connectivity index (χ1v) is 7.24. The van der Waals surface area contributed by atoms with Gasteiger partial charge in [-0.2, -0.15) is 0 Å². The van der Waals surface area contributed by atoms with E-state index in [-0.39, 0.29) is 0 Å². The number of hydrogen-bond donors (Lipinski definition) is 8. The van der Waals surface area contributed by atoms with Gasteiger partial charge in [0.2, 0.25) is 0 Å². The molecule has 142 valence electrons.